The molecule has 1 aliphatic rings. The fourth-order valence-corrected chi connectivity index (χ4v) is 3.59. The van der Waals surface area contributed by atoms with Crippen LogP contribution in [-0.4, -0.2) is 20.9 Å². The number of nitrogens with zero attached hydrogens (tertiary/aromatic N) is 4. The smallest absolute Gasteiger partial charge is 0.368 e. The number of fused-ring (bicyclic) bond motifs is 1. The number of anilines is 3. The molecule has 0 unspecified atom stereocenters. The van der Waals surface area contributed by atoms with Gasteiger partial charge in [-0.15, -0.1) is 11.3 Å². The van der Waals surface area contributed by atoms with E-state index in [1.54, 1.807) is 11.6 Å². The lowest BCUT2D eigenvalue weighted by atomic mass is 10.2. The topological polar surface area (TPSA) is 97.0 Å². The van der Waals surface area contributed by atoms with E-state index in [4.69, 9.17) is 5.73 Å². The van der Waals surface area contributed by atoms with Crippen molar-refractivity contribution in [3.05, 3.63) is 58.4 Å². The summed E-state index contributed by atoms with van der Waals surface area (Å²) in [6.07, 6.45) is -2.82. The number of nitrogens with one attached hydrogen (secondary N) is 1. The summed E-state index contributed by atoms with van der Waals surface area (Å²) in [5.41, 5.74) is 6.67. The molecule has 1 aromatic carbocycles. The van der Waals surface area contributed by atoms with Crippen LogP contribution in [0.2, 0.25) is 0 Å². The number of amides is 1. The number of halogens is 3. The molecule has 7 nitrogen and oxygen atoms in total. The number of nitrogens with two attached hydrogens (primary N) is 1. The first-order valence-electron chi connectivity index (χ1n) is 8.09. The Balaban J connectivity index is 1.47. The summed E-state index contributed by atoms with van der Waals surface area (Å²) in [5.74, 6) is -0.386. The van der Waals surface area contributed by atoms with Crippen LogP contribution in [0, 0.1) is 0 Å². The first kappa shape index (κ1) is 18.2. The Morgan fingerprint density at radius 1 is 1.25 bits per heavy atom. The molecule has 0 aliphatic carbocycles. The van der Waals surface area contributed by atoms with Gasteiger partial charge in [-0.3, -0.25) is 4.79 Å². The Morgan fingerprint density at radius 2 is 2.07 bits per heavy atom. The molecule has 0 fully saturated rings. The van der Waals surface area contributed by atoms with Gasteiger partial charge in [0.1, 0.15) is 5.69 Å². The molecule has 28 heavy (non-hydrogen) atoms. The summed E-state index contributed by atoms with van der Waals surface area (Å²) in [4.78, 5) is 26.7. The van der Waals surface area contributed by atoms with Crippen LogP contribution < -0.4 is 16.0 Å². The van der Waals surface area contributed by atoms with Crippen LogP contribution in [0.4, 0.5) is 29.9 Å². The van der Waals surface area contributed by atoms with E-state index in [0.717, 1.165) is 23.4 Å². The van der Waals surface area contributed by atoms with Crippen molar-refractivity contribution in [1.82, 2.24) is 15.0 Å². The van der Waals surface area contributed by atoms with Gasteiger partial charge < -0.3 is 16.0 Å². The van der Waals surface area contributed by atoms with Crippen LogP contribution in [0.1, 0.15) is 27.3 Å². The fourth-order valence-electron chi connectivity index (χ4n) is 2.79. The van der Waals surface area contributed by atoms with Crippen LogP contribution in [0.15, 0.2) is 35.8 Å². The molecule has 2 aromatic heterocycles. The second-order valence-corrected chi connectivity index (χ2v) is 6.94. The van der Waals surface area contributed by atoms with Crippen molar-refractivity contribution in [3.63, 3.8) is 0 Å². The van der Waals surface area contributed by atoms with Crippen LogP contribution in [-0.2, 0) is 19.3 Å². The molecule has 0 saturated heterocycles. The summed E-state index contributed by atoms with van der Waals surface area (Å²) in [6, 6.07) is 4.45. The second kappa shape index (κ2) is 6.75. The van der Waals surface area contributed by atoms with Gasteiger partial charge in [0.15, 0.2) is 5.13 Å². The highest BCUT2D eigenvalue weighted by atomic mass is 32.1. The minimum atomic E-state index is -4.48. The van der Waals surface area contributed by atoms with E-state index in [2.05, 4.69) is 20.3 Å². The maximum Gasteiger partial charge on any atom is 0.416 e. The molecule has 1 amide bonds. The Kier molecular flexibility index (Phi) is 4.38. The number of rotatable bonds is 3. The number of hydrogen-bond donors (Lipinski definition) is 2. The average molecular weight is 406 g/mol. The predicted molar refractivity (Wildman–Crippen MR) is 97.8 cm³/mol. The lowest BCUT2D eigenvalue weighted by Crippen LogP contribution is -2.16. The molecule has 144 valence electrons. The molecule has 4 rings (SSSR count). The van der Waals surface area contributed by atoms with E-state index in [-0.39, 0.29) is 17.3 Å². The van der Waals surface area contributed by atoms with Crippen LogP contribution in [0.5, 0.6) is 0 Å². The molecule has 1 aliphatic heterocycles. The minimum absolute atomic E-state index is 0.0497. The first-order chi connectivity index (χ1) is 13.3. The summed E-state index contributed by atoms with van der Waals surface area (Å²) >= 11 is 1.26. The van der Waals surface area contributed by atoms with E-state index >= 15 is 0 Å². The number of thiazole rings is 1. The van der Waals surface area contributed by atoms with Gasteiger partial charge in [-0.2, -0.15) is 13.2 Å². The van der Waals surface area contributed by atoms with Crippen molar-refractivity contribution in [2.24, 2.45) is 0 Å². The third-order valence-electron chi connectivity index (χ3n) is 4.12. The maximum atomic E-state index is 12.8. The van der Waals surface area contributed by atoms with Gasteiger partial charge in [-0.25, -0.2) is 15.0 Å². The van der Waals surface area contributed by atoms with E-state index in [1.807, 2.05) is 4.90 Å². The molecule has 0 radical (unpaired) electrons. The van der Waals surface area contributed by atoms with Crippen molar-refractivity contribution >= 4 is 34.0 Å². The number of alkyl halides is 3. The molecule has 11 heteroatoms. The number of carbonyl (C=O) groups excluding carboxylic acids is 1. The van der Waals surface area contributed by atoms with Gasteiger partial charge in [0, 0.05) is 29.4 Å². The van der Waals surface area contributed by atoms with E-state index in [0.29, 0.717) is 18.2 Å². The molecule has 0 bridgehead atoms. The zero-order valence-corrected chi connectivity index (χ0v) is 15.0. The highest BCUT2D eigenvalue weighted by Crippen LogP contribution is 2.32. The molecular weight excluding hydrogens is 393 g/mol. The molecular formula is C17H13F3N6OS. The standard InChI is InChI=1S/C17H13F3N6OS/c18-17(19,20)10-2-1-3-11(4-10)23-14(27)13-8-28-16(25-13)26-6-9-5-22-15(21)24-12(9)7-26/h1-5,8H,6-7H2,(H,23,27)(H2,21,22,24). The average Bonchev–Trinajstić information content (AvgIpc) is 3.27. The number of carbonyl (C=O) groups is 1. The quantitative estimate of drug-likeness (QED) is 0.693. The Morgan fingerprint density at radius 3 is 2.86 bits per heavy atom. The van der Waals surface area contributed by atoms with Crippen molar-refractivity contribution in [3.8, 4) is 0 Å². The monoisotopic (exact) mass is 406 g/mol. The van der Waals surface area contributed by atoms with E-state index in [9.17, 15) is 18.0 Å². The van der Waals surface area contributed by atoms with Crippen molar-refractivity contribution in [2.45, 2.75) is 19.3 Å². The molecule has 0 saturated carbocycles. The highest BCUT2D eigenvalue weighted by molar-refractivity contribution is 7.13. The predicted octanol–water partition coefficient (Wildman–Crippen LogP) is 3.31. The largest absolute Gasteiger partial charge is 0.416 e. The highest BCUT2D eigenvalue weighted by Gasteiger charge is 2.30. The Hall–Kier alpha value is -3.21. The molecule has 3 aromatic rings. The van der Waals surface area contributed by atoms with E-state index in [1.165, 1.54) is 23.5 Å². The minimum Gasteiger partial charge on any atom is -0.368 e. The van der Waals surface area contributed by atoms with Crippen LogP contribution in [0.25, 0.3) is 0 Å². The lowest BCUT2D eigenvalue weighted by molar-refractivity contribution is -0.137. The van der Waals surface area contributed by atoms with Crippen molar-refractivity contribution < 1.29 is 18.0 Å². The number of nitrogen functional groups attached to an aromatic ring is 1. The van der Waals surface area contributed by atoms with Crippen molar-refractivity contribution in [2.75, 3.05) is 16.0 Å². The van der Waals surface area contributed by atoms with Gasteiger partial charge in [0.25, 0.3) is 5.91 Å². The van der Waals surface area contributed by atoms with Crippen molar-refractivity contribution in [1.29, 1.82) is 0 Å². The second-order valence-electron chi connectivity index (χ2n) is 6.10. The van der Waals surface area contributed by atoms with Crippen LogP contribution in [0.3, 0.4) is 0 Å². The lowest BCUT2D eigenvalue weighted by Gasteiger charge is -2.12. The SMILES string of the molecule is Nc1ncc2c(n1)CN(c1nc(C(=O)Nc3cccc(C(F)(F)F)c3)cs1)C2. The summed E-state index contributed by atoms with van der Waals surface area (Å²) in [5, 5.41) is 4.61. The zero-order valence-electron chi connectivity index (χ0n) is 14.2. The molecule has 3 heterocycles. The maximum absolute atomic E-state index is 12.8. The summed E-state index contributed by atoms with van der Waals surface area (Å²) in [6.45, 7) is 1.03. The zero-order chi connectivity index (χ0) is 19.9. The fraction of sp³-hybridized carbons (Fsp3) is 0.176. The summed E-state index contributed by atoms with van der Waals surface area (Å²) < 4.78 is 38.4. The van der Waals surface area contributed by atoms with Gasteiger partial charge in [0.2, 0.25) is 5.95 Å². The van der Waals surface area contributed by atoms with Gasteiger partial charge in [0.05, 0.1) is 17.8 Å². The van der Waals surface area contributed by atoms with Gasteiger partial charge in [-0.05, 0) is 18.2 Å². The number of benzene rings is 1. The Labute approximate surface area is 161 Å². The van der Waals surface area contributed by atoms with Crippen LogP contribution >= 0.6 is 11.3 Å². The normalized spacial score (nSPS) is 13.5. The summed E-state index contributed by atoms with van der Waals surface area (Å²) in [7, 11) is 0. The Bertz CT molecular complexity index is 1050. The third kappa shape index (κ3) is 3.60. The van der Waals surface area contributed by atoms with Gasteiger partial charge in [-0.1, -0.05) is 6.07 Å². The molecule has 3 N–H and O–H groups in total. The first-order valence-corrected chi connectivity index (χ1v) is 8.97. The number of aromatic nitrogens is 3. The molecule has 0 spiro atoms. The van der Waals surface area contributed by atoms with E-state index < -0.39 is 17.6 Å². The van der Waals surface area contributed by atoms with Gasteiger partial charge >= 0.3 is 6.18 Å². The number of hydrogen-bond acceptors (Lipinski definition) is 7. The molecule has 0 atom stereocenters. The third-order valence-corrected chi connectivity index (χ3v) is 5.02.